The molecule has 32 heavy (non-hydrogen) atoms. The van der Waals surface area contributed by atoms with Crippen LogP contribution in [0.5, 0.6) is 0 Å². The molecule has 1 spiro atoms. The van der Waals surface area contributed by atoms with E-state index in [9.17, 15) is 14.4 Å². The second-order valence-corrected chi connectivity index (χ2v) is 8.83. The molecule has 0 atom stereocenters. The molecule has 168 valence electrons. The molecular weight excluding hydrogens is 402 g/mol. The van der Waals surface area contributed by atoms with E-state index in [2.05, 4.69) is 34.9 Å². The molecule has 0 radical (unpaired) electrons. The summed E-state index contributed by atoms with van der Waals surface area (Å²) in [5.41, 5.74) is 1.58. The topological polar surface area (TPSA) is 78.5 Å². The van der Waals surface area contributed by atoms with Crippen molar-refractivity contribution < 1.29 is 14.4 Å². The third kappa shape index (κ3) is 4.85. The van der Waals surface area contributed by atoms with Gasteiger partial charge in [0, 0.05) is 12.5 Å². The molecule has 4 rings (SSSR count). The van der Waals surface area contributed by atoms with Crippen LogP contribution < -0.4 is 10.6 Å². The van der Waals surface area contributed by atoms with E-state index in [1.807, 2.05) is 36.4 Å². The van der Waals surface area contributed by atoms with Gasteiger partial charge in [0.05, 0.1) is 0 Å². The maximum absolute atomic E-state index is 13.0. The smallest absolute Gasteiger partial charge is 0.325 e. The van der Waals surface area contributed by atoms with Crippen LogP contribution in [0.25, 0.3) is 0 Å². The van der Waals surface area contributed by atoms with Crippen LogP contribution in [-0.4, -0.2) is 41.4 Å². The normalized spacial score (nSPS) is 18.0. The molecule has 1 aliphatic heterocycles. The van der Waals surface area contributed by atoms with E-state index in [1.165, 1.54) is 11.1 Å². The van der Waals surface area contributed by atoms with E-state index < -0.39 is 11.6 Å². The number of hydrogen-bond acceptors (Lipinski definition) is 3. The van der Waals surface area contributed by atoms with Gasteiger partial charge in [-0.3, -0.25) is 14.5 Å². The van der Waals surface area contributed by atoms with Gasteiger partial charge < -0.3 is 10.6 Å². The summed E-state index contributed by atoms with van der Waals surface area (Å²) < 4.78 is 0. The van der Waals surface area contributed by atoms with Crippen molar-refractivity contribution in [3.8, 4) is 0 Å². The quantitative estimate of drug-likeness (QED) is 0.649. The van der Waals surface area contributed by atoms with Gasteiger partial charge in [-0.25, -0.2) is 4.79 Å². The van der Waals surface area contributed by atoms with Crippen molar-refractivity contribution in [2.45, 2.75) is 56.4 Å². The second-order valence-electron chi connectivity index (χ2n) is 8.83. The molecular formula is C26H31N3O3. The lowest BCUT2D eigenvalue weighted by atomic mass is 9.88. The molecule has 1 saturated carbocycles. The summed E-state index contributed by atoms with van der Waals surface area (Å²) in [4.78, 5) is 39.2. The molecule has 2 aromatic rings. The van der Waals surface area contributed by atoms with Crippen molar-refractivity contribution in [3.63, 3.8) is 0 Å². The second kappa shape index (κ2) is 9.98. The Morgan fingerprint density at radius 2 is 1.47 bits per heavy atom. The van der Waals surface area contributed by atoms with E-state index in [-0.39, 0.29) is 24.3 Å². The van der Waals surface area contributed by atoms with Crippen molar-refractivity contribution in [2.75, 3.05) is 13.1 Å². The minimum Gasteiger partial charge on any atom is -0.355 e. The van der Waals surface area contributed by atoms with Crippen LogP contribution in [0.1, 0.15) is 62.0 Å². The summed E-state index contributed by atoms with van der Waals surface area (Å²) in [7, 11) is 0. The summed E-state index contributed by atoms with van der Waals surface area (Å²) in [6.07, 6.45) is 6.05. The molecule has 0 bridgehead atoms. The third-order valence-corrected chi connectivity index (χ3v) is 6.66. The van der Waals surface area contributed by atoms with Gasteiger partial charge in [0.15, 0.2) is 0 Å². The summed E-state index contributed by atoms with van der Waals surface area (Å²) in [5.74, 6) is -0.395. The Balaban J connectivity index is 1.35. The van der Waals surface area contributed by atoms with E-state index in [0.717, 1.165) is 37.0 Å². The number of benzene rings is 2. The molecule has 2 N–H and O–H groups in total. The zero-order valence-electron chi connectivity index (χ0n) is 18.4. The van der Waals surface area contributed by atoms with Crippen LogP contribution >= 0.6 is 0 Å². The zero-order valence-corrected chi connectivity index (χ0v) is 18.4. The third-order valence-electron chi connectivity index (χ3n) is 6.66. The van der Waals surface area contributed by atoms with Crippen LogP contribution in [0.3, 0.4) is 0 Å². The highest BCUT2D eigenvalue weighted by Crippen LogP contribution is 2.32. The van der Waals surface area contributed by atoms with Crippen molar-refractivity contribution in [2.24, 2.45) is 0 Å². The number of hydrogen-bond donors (Lipinski definition) is 2. The first kappa shape index (κ1) is 22.1. The van der Waals surface area contributed by atoms with Gasteiger partial charge in [-0.15, -0.1) is 0 Å². The summed E-state index contributed by atoms with van der Waals surface area (Å²) in [6.45, 7) is 0.232. The molecule has 2 aromatic carbocycles. The molecule has 2 aliphatic rings. The lowest BCUT2D eigenvalue weighted by Gasteiger charge is -2.24. The highest BCUT2D eigenvalue weighted by molar-refractivity contribution is 6.09. The Morgan fingerprint density at radius 3 is 2.03 bits per heavy atom. The molecule has 6 nitrogen and oxygen atoms in total. The highest BCUT2D eigenvalue weighted by atomic mass is 16.2. The number of imide groups is 1. The van der Waals surface area contributed by atoms with Gasteiger partial charge in [-0.1, -0.05) is 86.3 Å². The number of amides is 4. The SMILES string of the molecule is O=C(CN1C(=O)NC2(CCCCCC2)C1=O)NCCC(c1ccccc1)c1ccccc1. The van der Waals surface area contributed by atoms with E-state index in [4.69, 9.17) is 0 Å². The molecule has 0 unspecified atom stereocenters. The Labute approximate surface area is 189 Å². The van der Waals surface area contributed by atoms with E-state index in [0.29, 0.717) is 19.4 Å². The van der Waals surface area contributed by atoms with E-state index >= 15 is 0 Å². The Bertz CT molecular complexity index is 898. The molecule has 1 heterocycles. The number of carbonyl (C=O) groups excluding carboxylic acids is 3. The van der Waals surface area contributed by atoms with Gasteiger partial charge in [0.2, 0.25) is 5.91 Å². The molecule has 6 heteroatoms. The minimum absolute atomic E-state index is 0.156. The van der Waals surface area contributed by atoms with Gasteiger partial charge in [-0.2, -0.15) is 0 Å². The average molecular weight is 434 g/mol. The number of carbonyl (C=O) groups is 3. The van der Waals surface area contributed by atoms with Gasteiger partial charge in [-0.05, 0) is 30.4 Å². The summed E-state index contributed by atoms with van der Waals surface area (Å²) in [5, 5.41) is 5.80. The molecule has 2 fully saturated rings. The van der Waals surface area contributed by atoms with E-state index in [1.54, 1.807) is 0 Å². The van der Waals surface area contributed by atoms with Crippen LogP contribution in [0.2, 0.25) is 0 Å². The lowest BCUT2D eigenvalue weighted by Crippen LogP contribution is -2.47. The summed E-state index contributed by atoms with van der Waals surface area (Å²) in [6, 6.07) is 20.0. The van der Waals surface area contributed by atoms with Crippen LogP contribution in [0, 0.1) is 0 Å². The zero-order chi connectivity index (χ0) is 22.4. The molecule has 1 saturated heterocycles. The fourth-order valence-corrected chi connectivity index (χ4v) is 4.94. The lowest BCUT2D eigenvalue weighted by molar-refractivity contribution is -0.135. The van der Waals surface area contributed by atoms with Crippen LogP contribution in [-0.2, 0) is 9.59 Å². The number of nitrogens with zero attached hydrogens (tertiary/aromatic N) is 1. The van der Waals surface area contributed by atoms with Crippen molar-refractivity contribution in [1.82, 2.24) is 15.5 Å². The maximum atomic E-state index is 13.0. The standard InChI is InChI=1S/C26H31N3O3/c30-23(19-29-24(31)26(28-25(29)32)16-9-1-2-10-17-26)27-18-15-22(20-11-5-3-6-12-20)21-13-7-4-8-14-21/h3-8,11-14,22H,1-2,9-10,15-19H2,(H,27,30)(H,28,32). The van der Waals surface area contributed by atoms with Crippen molar-refractivity contribution >= 4 is 17.8 Å². The Morgan fingerprint density at radius 1 is 0.906 bits per heavy atom. The predicted molar refractivity (Wildman–Crippen MR) is 123 cm³/mol. The van der Waals surface area contributed by atoms with Crippen LogP contribution in [0.15, 0.2) is 60.7 Å². The first-order valence-electron chi connectivity index (χ1n) is 11.6. The molecule has 4 amide bonds. The number of nitrogens with one attached hydrogen (secondary N) is 2. The van der Waals surface area contributed by atoms with Gasteiger partial charge in [0.25, 0.3) is 5.91 Å². The monoisotopic (exact) mass is 433 g/mol. The Kier molecular flexibility index (Phi) is 6.88. The average Bonchev–Trinajstić information content (AvgIpc) is 2.96. The number of urea groups is 1. The first-order chi connectivity index (χ1) is 15.6. The molecule has 0 aromatic heterocycles. The fraction of sp³-hybridized carbons (Fsp3) is 0.423. The molecule has 1 aliphatic carbocycles. The van der Waals surface area contributed by atoms with Gasteiger partial charge >= 0.3 is 6.03 Å². The largest absolute Gasteiger partial charge is 0.355 e. The Hall–Kier alpha value is -3.15. The minimum atomic E-state index is -0.806. The van der Waals surface area contributed by atoms with Crippen LogP contribution in [0.4, 0.5) is 4.79 Å². The maximum Gasteiger partial charge on any atom is 0.325 e. The van der Waals surface area contributed by atoms with Gasteiger partial charge in [0.1, 0.15) is 12.1 Å². The number of rotatable bonds is 7. The van der Waals surface area contributed by atoms with Crippen molar-refractivity contribution in [3.05, 3.63) is 71.8 Å². The predicted octanol–water partition coefficient (Wildman–Crippen LogP) is 3.97. The highest BCUT2D eigenvalue weighted by Gasteiger charge is 2.51. The van der Waals surface area contributed by atoms with Crippen molar-refractivity contribution in [1.29, 1.82) is 0 Å². The fourth-order valence-electron chi connectivity index (χ4n) is 4.94. The summed E-state index contributed by atoms with van der Waals surface area (Å²) >= 11 is 0. The first-order valence-corrected chi connectivity index (χ1v) is 11.6.